The highest BCUT2D eigenvalue weighted by molar-refractivity contribution is 7.20. The second-order valence-electron chi connectivity index (χ2n) is 5.81. The molecule has 25 heavy (non-hydrogen) atoms. The first-order chi connectivity index (χ1) is 12.0. The highest BCUT2D eigenvalue weighted by atomic mass is 32.1. The zero-order valence-corrected chi connectivity index (χ0v) is 15.1. The standard InChI is InChI=1S/C18H19N3O3S/c1-11-4-6-13(7-5-11)9-21-17-14(12(2)20-21)8-15(25-17)18(23)24-10-16(22)19-3/h4-8H,9-10H2,1-3H3,(H,19,22). The van der Waals surface area contributed by atoms with E-state index in [9.17, 15) is 9.59 Å². The number of carbonyl (C=O) groups excluding carboxylic acids is 2. The van der Waals surface area contributed by atoms with Gasteiger partial charge in [-0.05, 0) is 25.5 Å². The average Bonchev–Trinajstić information content (AvgIpc) is 3.16. The highest BCUT2D eigenvalue weighted by Gasteiger charge is 2.18. The largest absolute Gasteiger partial charge is 0.451 e. The Morgan fingerprint density at radius 2 is 1.96 bits per heavy atom. The van der Waals surface area contributed by atoms with Crippen LogP contribution in [0.4, 0.5) is 0 Å². The predicted octanol–water partition coefficient (Wildman–Crippen LogP) is 2.67. The van der Waals surface area contributed by atoms with Gasteiger partial charge in [0.2, 0.25) is 0 Å². The van der Waals surface area contributed by atoms with Crippen LogP contribution < -0.4 is 5.32 Å². The van der Waals surface area contributed by atoms with Gasteiger partial charge in [0.15, 0.2) is 6.61 Å². The summed E-state index contributed by atoms with van der Waals surface area (Å²) in [6.07, 6.45) is 0. The quantitative estimate of drug-likeness (QED) is 0.713. The summed E-state index contributed by atoms with van der Waals surface area (Å²) >= 11 is 1.33. The molecule has 0 saturated carbocycles. The summed E-state index contributed by atoms with van der Waals surface area (Å²) in [7, 11) is 1.50. The van der Waals surface area contributed by atoms with E-state index in [2.05, 4.69) is 41.6 Å². The van der Waals surface area contributed by atoms with E-state index in [0.717, 1.165) is 21.5 Å². The molecule has 2 heterocycles. The Morgan fingerprint density at radius 3 is 2.64 bits per heavy atom. The minimum absolute atomic E-state index is 0.280. The van der Waals surface area contributed by atoms with Crippen LogP contribution in [0.3, 0.4) is 0 Å². The van der Waals surface area contributed by atoms with Crippen molar-refractivity contribution in [3.8, 4) is 0 Å². The number of nitrogens with one attached hydrogen (secondary N) is 1. The minimum atomic E-state index is -0.494. The van der Waals surface area contributed by atoms with Crippen molar-refractivity contribution >= 4 is 33.4 Å². The number of amides is 1. The number of rotatable bonds is 5. The average molecular weight is 357 g/mol. The van der Waals surface area contributed by atoms with Gasteiger partial charge in [0.1, 0.15) is 9.71 Å². The number of fused-ring (bicyclic) bond motifs is 1. The summed E-state index contributed by atoms with van der Waals surface area (Å²) in [5.74, 6) is -0.831. The van der Waals surface area contributed by atoms with Crippen LogP contribution in [-0.4, -0.2) is 35.3 Å². The number of carbonyl (C=O) groups is 2. The fraction of sp³-hybridized carbons (Fsp3) is 0.278. The third-order valence-electron chi connectivity index (χ3n) is 3.87. The molecule has 0 saturated heterocycles. The monoisotopic (exact) mass is 357 g/mol. The van der Waals surface area contributed by atoms with Crippen molar-refractivity contribution in [1.82, 2.24) is 15.1 Å². The van der Waals surface area contributed by atoms with E-state index < -0.39 is 5.97 Å². The van der Waals surface area contributed by atoms with Gasteiger partial charge in [-0.25, -0.2) is 4.79 Å². The van der Waals surface area contributed by atoms with Gasteiger partial charge in [-0.2, -0.15) is 5.10 Å². The molecule has 0 radical (unpaired) electrons. The van der Waals surface area contributed by atoms with Crippen LogP contribution in [0.1, 0.15) is 26.5 Å². The number of thiophene rings is 1. The van der Waals surface area contributed by atoms with Gasteiger partial charge in [0.05, 0.1) is 12.2 Å². The van der Waals surface area contributed by atoms with Crippen LogP contribution in [0.15, 0.2) is 30.3 Å². The molecule has 3 aromatic rings. The molecule has 6 nitrogen and oxygen atoms in total. The summed E-state index contributed by atoms with van der Waals surface area (Å²) in [6, 6.07) is 10.1. The summed E-state index contributed by atoms with van der Waals surface area (Å²) in [5, 5.41) is 7.92. The van der Waals surface area contributed by atoms with Crippen molar-refractivity contribution in [1.29, 1.82) is 0 Å². The maximum Gasteiger partial charge on any atom is 0.348 e. The Hall–Kier alpha value is -2.67. The molecule has 0 aliphatic carbocycles. The number of nitrogens with zero attached hydrogens (tertiary/aromatic N) is 2. The summed E-state index contributed by atoms with van der Waals surface area (Å²) < 4.78 is 6.92. The van der Waals surface area contributed by atoms with E-state index in [-0.39, 0.29) is 12.5 Å². The molecule has 0 fully saturated rings. The molecule has 0 spiro atoms. The van der Waals surface area contributed by atoms with Crippen LogP contribution in [0.5, 0.6) is 0 Å². The fourth-order valence-electron chi connectivity index (χ4n) is 2.46. The molecule has 0 bridgehead atoms. The van der Waals surface area contributed by atoms with Gasteiger partial charge in [-0.3, -0.25) is 9.48 Å². The lowest BCUT2D eigenvalue weighted by Gasteiger charge is -2.04. The molecular formula is C18H19N3O3S. The van der Waals surface area contributed by atoms with E-state index >= 15 is 0 Å². The molecule has 1 N–H and O–H groups in total. The molecular weight excluding hydrogens is 338 g/mol. The van der Waals surface area contributed by atoms with Gasteiger partial charge in [-0.15, -0.1) is 11.3 Å². The minimum Gasteiger partial charge on any atom is -0.451 e. The molecule has 1 aromatic carbocycles. The lowest BCUT2D eigenvalue weighted by molar-refractivity contribution is -0.123. The molecule has 0 aliphatic rings. The van der Waals surface area contributed by atoms with Gasteiger partial charge in [-0.1, -0.05) is 29.8 Å². The van der Waals surface area contributed by atoms with Crippen molar-refractivity contribution in [2.24, 2.45) is 0 Å². The first-order valence-corrected chi connectivity index (χ1v) is 8.70. The third kappa shape index (κ3) is 3.71. The summed E-state index contributed by atoms with van der Waals surface area (Å²) in [5.41, 5.74) is 3.22. The first-order valence-electron chi connectivity index (χ1n) is 7.88. The summed E-state index contributed by atoms with van der Waals surface area (Å²) in [6.45, 7) is 4.33. The summed E-state index contributed by atoms with van der Waals surface area (Å²) in [4.78, 5) is 24.7. The molecule has 2 aromatic heterocycles. The Bertz CT molecular complexity index is 925. The molecule has 3 rings (SSSR count). The van der Waals surface area contributed by atoms with Crippen LogP contribution in [0, 0.1) is 13.8 Å². The van der Waals surface area contributed by atoms with Crippen molar-refractivity contribution < 1.29 is 14.3 Å². The second-order valence-corrected chi connectivity index (χ2v) is 6.84. The zero-order chi connectivity index (χ0) is 18.0. The van der Waals surface area contributed by atoms with Crippen molar-refractivity contribution in [2.45, 2.75) is 20.4 Å². The Balaban J connectivity index is 1.84. The number of ether oxygens (including phenoxy) is 1. The Morgan fingerprint density at radius 1 is 1.24 bits per heavy atom. The smallest absolute Gasteiger partial charge is 0.348 e. The Labute approximate surface area is 149 Å². The number of benzene rings is 1. The van der Waals surface area contributed by atoms with E-state index in [4.69, 9.17) is 4.74 Å². The van der Waals surface area contributed by atoms with Gasteiger partial charge < -0.3 is 10.1 Å². The van der Waals surface area contributed by atoms with E-state index in [1.54, 1.807) is 6.07 Å². The third-order valence-corrected chi connectivity index (χ3v) is 5.00. The molecule has 0 aliphatic heterocycles. The van der Waals surface area contributed by atoms with Crippen molar-refractivity contribution in [3.63, 3.8) is 0 Å². The number of hydrogen-bond acceptors (Lipinski definition) is 5. The molecule has 7 heteroatoms. The van der Waals surface area contributed by atoms with E-state index in [0.29, 0.717) is 11.4 Å². The molecule has 0 unspecified atom stereocenters. The van der Waals surface area contributed by atoms with Crippen LogP contribution in [0.2, 0.25) is 0 Å². The van der Waals surface area contributed by atoms with Crippen LogP contribution >= 0.6 is 11.3 Å². The number of hydrogen-bond donors (Lipinski definition) is 1. The number of esters is 1. The molecule has 1 amide bonds. The molecule has 130 valence electrons. The highest BCUT2D eigenvalue weighted by Crippen LogP contribution is 2.29. The topological polar surface area (TPSA) is 73.2 Å². The van der Waals surface area contributed by atoms with Crippen LogP contribution in [0.25, 0.3) is 10.2 Å². The molecule has 0 atom stereocenters. The number of likely N-dealkylation sites (N-methyl/N-ethyl adjacent to an activating group) is 1. The van der Waals surface area contributed by atoms with Crippen molar-refractivity contribution in [3.05, 3.63) is 52.0 Å². The predicted molar refractivity (Wildman–Crippen MR) is 97.0 cm³/mol. The van der Waals surface area contributed by atoms with E-state index in [1.165, 1.54) is 23.9 Å². The van der Waals surface area contributed by atoms with Gasteiger partial charge >= 0.3 is 5.97 Å². The number of aromatic nitrogens is 2. The first kappa shape index (κ1) is 17.2. The maximum absolute atomic E-state index is 12.1. The van der Waals surface area contributed by atoms with Crippen molar-refractivity contribution in [2.75, 3.05) is 13.7 Å². The lowest BCUT2D eigenvalue weighted by Crippen LogP contribution is -2.24. The number of aryl methyl sites for hydroxylation is 2. The van der Waals surface area contributed by atoms with Crippen LogP contribution in [-0.2, 0) is 16.1 Å². The zero-order valence-electron chi connectivity index (χ0n) is 14.3. The van der Waals surface area contributed by atoms with Gasteiger partial charge in [0, 0.05) is 12.4 Å². The normalized spacial score (nSPS) is 10.8. The maximum atomic E-state index is 12.1. The Kier molecular flexibility index (Phi) is 4.85. The van der Waals surface area contributed by atoms with Gasteiger partial charge in [0.25, 0.3) is 5.91 Å². The second kappa shape index (κ2) is 7.06. The SMILES string of the molecule is CNC(=O)COC(=O)c1cc2c(C)nn(Cc3ccc(C)cc3)c2s1. The lowest BCUT2D eigenvalue weighted by atomic mass is 10.1. The fourth-order valence-corrected chi connectivity index (χ4v) is 3.52. The van der Waals surface area contributed by atoms with E-state index in [1.807, 2.05) is 11.6 Å².